The third kappa shape index (κ3) is 4.13. The molecule has 0 N–H and O–H groups in total. The summed E-state index contributed by atoms with van der Waals surface area (Å²) in [4.78, 5) is 27.1. The predicted octanol–water partition coefficient (Wildman–Crippen LogP) is 3.56. The predicted molar refractivity (Wildman–Crippen MR) is 77.0 cm³/mol. The van der Waals surface area contributed by atoms with Gasteiger partial charge in [-0.1, -0.05) is 19.3 Å². The van der Waals surface area contributed by atoms with Gasteiger partial charge in [0, 0.05) is 0 Å². The van der Waals surface area contributed by atoms with Crippen molar-refractivity contribution in [1.29, 1.82) is 0 Å². The van der Waals surface area contributed by atoms with Gasteiger partial charge in [0.1, 0.15) is 0 Å². The summed E-state index contributed by atoms with van der Waals surface area (Å²) < 4.78 is 0. The molecule has 0 aromatic rings. The highest BCUT2D eigenvalue weighted by Gasteiger charge is 2.44. The van der Waals surface area contributed by atoms with Crippen LogP contribution in [0.4, 0.5) is 0 Å². The van der Waals surface area contributed by atoms with Crippen LogP contribution in [0.2, 0.25) is 0 Å². The zero-order valence-corrected chi connectivity index (χ0v) is 12.1. The van der Waals surface area contributed by atoms with Crippen LogP contribution >= 0.6 is 0 Å². The SMILES string of the molecule is O=C=NC1CCCCC1.O=C=NCC12CCC(CC1)C2. The van der Waals surface area contributed by atoms with Crippen molar-refractivity contribution >= 4 is 12.2 Å². The Hall–Kier alpha value is -1.24. The number of fused-ring (bicyclic) bond motifs is 2. The Balaban J connectivity index is 0.000000151. The van der Waals surface area contributed by atoms with E-state index in [-0.39, 0.29) is 0 Å². The lowest BCUT2D eigenvalue weighted by Crippen LogP contribution is -2.17. The number of hydrogen-bond donors (Lipinski definition) is 0. The number of nitrogens with zero attached hydrogens (tertiary/aromatic N) is 2. The Morgan fingerprint density at radius 1 is 0.950 bits per heavy atom. The Morgan fingerprint density at radius 3 is 2.15 bits per heavy atom. The number of hydrogen-bond acceptors (Lipinski definition) is 4. The van der Waals surface area contributed by atoms with Crippen molar-refractivity contribution in [3.05, 3.63) is 0 Å². The molecule has 4 heteroatoms. The Bertz CT molecular complexity index is 395. The fourth-order valence-electron chi connectivity index (χ4n) is 4.02. The van der Waals surface area contributed by atoms with Gasteiger partial charge in [-0.2, -0.15) is 0 Å². The lowest BCUT2D eigenvalue weighted by atomic mass is 9.84. The first-order chi connectivity index (χ1) is 9.78. The van der Waals surface area contributed by atoms with Crippen LogP contribution in [-0.4, -0.2) is 24.7 Å². The summed E-state index contributed by atoms with van der Waals surface area (Å²) in [6.07, 6.45) is 15.9. The topological polar surface area (TPSA) is 58.9 Å². The van der Waals surface area contributed by atoms with E-state index in [1.54, 1.807) is 12.2 Å². The van der Waals surface area contributed by atoms with Gasteiger partial charge >= 0.3 is 0 Å². The number of carbonyl (C=O) groups excluding carboxylic acids is 2. The van der Waals surface area contributed by atoms with Crippen LogP contribution in [0.3, 0.4) is 0 Å². The Morgan fingerprint density at radius 2 is 1.65 bits per heavy atom. The van der Waals surface area contributed by atoms with Gasteiger partial charge < -0.3 is 0 Å². The van der Waals surface area contributed by atoms with Gasteiger partial charge in [0.15, 0.2) is 0 Å². The molecule has 3 aliphatic carbocycles. The molecular weight excluding hydrogens is 252 g/mol. The van der Waals surface area contributed by atoms with Gasteiger partial charge in [-0.15, -0.1) is 0 Å². The normalized spacial score (nSPS) is 31.7. The van der Waals surface area contributed by atoms with Crippen LogP contribution in [0.25, 0.3) is 0 Å². The van der Waals surface area contributed by atoms with Crippen LogP contribution in [-0.2, 0) is 9.59 Å². The average Bonchev–Trinajstić information content (AvgIpc) is 3.08. The lowest BCUT2D eigenvalue weighted by Gasteiger charge is -2.22. The summed E-state index contributed by atoms with van der Waals surface area (Å²) >= 11 is 0. The van der Waals surface area contributed by atoms with Crippen LogP contribution in [0, 0.1) is 11.3 Å². The van der Waals surface area contributed by atoms with Gasteiger partial charge in [-0.3, -0.25) is 0 Å². The van der Waals surface area contributed by atoms with Crippen LogP contribution in [0.15, 0.2) is 9.98 Å². The minimum Gasteiger partial charge on any atom is -0.211 e. The summed E-state index contributed by atoms with van der Waals surface area (Å²) in [5, 5.41) is 0. The van der Waals surface area contributed by atoms with Gasteiger partial charge in [-0.05, 0) is 56.3 Å². The summed E-state index contributed by atoms with van der Waals surface area (Å²) in [6, 6.07) is 0.302. The van der Waals surface area contributed by atoms with Crippen molar-refractivity contribution in [2.45, 2.75) is 70.3 Å². The molecule has 3 rings (SSSR count). The molecule has 0 aromatic carbocycles. The maximum absolute atomic E-state index is 9.94. The molecule has 0 radical (unpaired) electrons. The smallest absolute Gasteiger partial charge is 0.211 e. The maximum atomic E-state index is 9.94. The van der Waals surface area contributed by atoms with E-state index in [4.69, 9.17) is 0 Å². The van der Waals surface area contributed by atoms with E-state index in [0.29, 0.717) is 11.5 Å². The van der Waals surface area contributed by atoms with E-state index in [1.807, 2.05) is 0 Å². The molecule has 20 heavy (non-hydrogen) atoms. The van der Waals surface area contributed by atoms with Gasteiger partial charge in [0.2, 0.25) is 12.2 Å². The molecule has 3 saturated carbocycles. The largest absolute Gasteiger partial charge is 0.235 e. The van der Waals surface area contributed by atoms with Gasteiger partial charge in [-0.25, -0.2) is 19.6 Å². The van der Waals surface area contributed by atoms with Crippen LogP contribution in [0.5, 0.6) is 0 Å². The standard InChI is InChI=1S/C9H13NO.C7H11NO/c11-7-10-6-9-3-1-8(5-9)2-4-9;9-6-8-7-4-2-1-3-5-7/h8H,1-6H2;7H,1-5H2. The fraction of sp³-hybridized carbons (Fsp3) is 0.875. The lowest BCUT2D eigenvalue weighted by molar-refractivity contribution is 0.307. The van der Waals surface area contributed by atoms with Crippen molar-refractivity contribution < 1.29 is 9.59 Å². The van der Waals surface area contributed by atoms with Crippen molar-refractivity contribution in [1.82, 2.24) is 0 Å². The molecule has 0 heterocycles. The first-order valence-electron chi connectivity index (χ1n) is 7.89. The molecule has 0 amide bonds. The Kier molecular flexibility index (Phi) is 5.70. The zero-order valence-electron chi connectivity index (χ0n) is 12.1. The molecule has 0 saturated heterocycles. The van der Waals surface area contributed by atoms with E-state index in [1.165, 1.54) is 51.4 Å². The van der Waals surface area contributed by atoms with E-state index >= 15 is 0 Å². The van der Waals surface area contributed by atoms with Crippen LogP contribution < -0.4 is 0 Å². The summed E-state index contributed by atoms with van der Waals surface area (Å²) in [6.45, 7) is 0.743. The minimum absolute atomic E-state index is 0.302. The van der Waals surface area contributed by atoms with Gasteiger partial charge in [0.25, 0.3) is 0 Å². The average molecular weight is 276 g/mol. The third-order valence-corrected chi connectivity index (χ3v) is 5.18. The van der Waals surface area contributed by atoms with Gasteiger partial charge in [0.05, 0.1) is 12.6 Å². The summed E-state index contributed by atoms with van der Waals surface area (Å²) in [5.41, 5.74) is 0.433. The molecule has 0 aliphatic heterocycles. The molecule has 0 spiro atoms. The molecule has 110 valence electrons. The second-order valence-electron chi connectivity index (χ2n) is 6.57. The van der Waals surface area contributed by atoms with Crippen molar-refractivity contribution in [3.63, 3.8) is 0 Å². The number of aliphatic imine (C=N–C) groups is 2. The second-order valence-corrected chi connectivity index (χ2v) is 6.57. The first-order valence-corrected chi connectivity index (χ1v) is 7.89. The van der Waals surface area contributed by atoms with Crippen molar-refractivity contribution in [3.8, 4) is 0 Å². The monoisotopic (exact) mass is 276 g/mol. The highest BCUT2D eigenvalue weighted by atomic mass is 16.1. The van der Waals surface area contributed by atoms with E-state index in [0.717, 1.165) is 25.3 Å². The first kappa shape index (κ1) is 15.2. The number of isocyanates is 2. The van der Waals surface area contributed by atoms with E-state index in [9.17, 15) is 9.59 Å². The summed E-state index contributed by atoms with van der Waals surface area (Å²) in [5.74, 6) is 0.955. The second kappa shape index (κ2) is 7.52. The Labute approximate surface area is 120 Å². The third-order valence-electron chi connectivity index (χ3n) is 5.18. The molecule has 3 fully saturated rings. The molecule has 4 nitrogen and oxygen atoms in total. The molecule has 3 aliphatic rings. The van der Waals surface area contributed by atoms with Crippen molar-refractivity contribution in [2.75, 3.05) is 6.54 Å². The molecular formula is C16H24N2O2. The van der Waals surface area contributed by atoms with E-state index < -0.39 is 0 Å². The number of rotatable bonds is 3. The quantitative estimate of drug-likeness (QED) is 0.584. The highest BCUT2D eigenvalue weighted by Crippen LogP contribution is 2.54. The molecule has 0 atom stereocenters. The summed E-state index contributed by atoms with van der Waals surface area (Å²) in [7, 11) is 0. The fourth-order valence-corrected chi connectivity index (χ4v) is 4.02. The zero-order chi connectivity index (χ0) is 14.3. The van der Waals surface area contributed by atoms with Crippen molar-refractivity contribution in [2.24, 2.45) is 21.3 Å². The minimum atomic E-state index is 0.302. The molecule has 2 bridgehead atoms. The highest BCUT2D eigenvalue weighted by molar-refractivity contribution is 5.33. The van der Waals surface area contributed by atoms with Crippen LogP contribution in [0.1, 0.15) is 64.2 Å². The molecule has 0 unspecified atom stereocenters. The maximum Gasteiger partial charge on any atom is 0.235 e. The molecule has 0 aromatic heterocycles. The van der Waals surface area contributed by atoms with E-state index in [2.05, 4.69) is 9.98 Å².